The van der Waals surface area contributed by atoms with Crippen LogP contribution in [0.25, 0.3) is 83.6 Å². The maximum absolute atomic E-state index is 11.4. The summed E-state index contributed by atoms with van der Waals surface area (Å²) in [5, 5.41) is 13.3. The number of benzene rings is 6. The zero-order valence-corrected chi connectivity index (χ0v) is 25.2. The Hall–Kier alpha value is -6.46. The highest BCUT2D eigenvalue weighted by molar-refractivity contribution is 6.07. The van der Waals surface area contributed by atoms with Crippen LogP contribution in [0.1, 0.15) is 0 Å². The smallest absolute Gasteiger partial charge is 0.149 e. The normalized spacial score (nSPS) is 11.5. The summed E-state index contributed by atoms with van der Waals surface area (Å²) in [6.45, 7) is 0. The molecule has 0 unspecified atom stereocenters. The average Bonchev–Trinajstić information content (AvgIpc) is 3.70. The molecule has 0 aliphatic carbocycles. The fraction of sp³-hybridized carbons (Fsp3) is 0. The summed E-state index contributed by atoms with van der Waals surface area (Å²) in [7, 11) is 0. The monoisotopic (exact) mass is 605 g/mol. The number of hydrogen-bond donors (Lipinski definition) is 1. The quantitative estimate of drug-likeness (QED) is 0.212. The zero-order chi connectivity index (χ0) is 31.3. The van der Waals surface area contributed by atoms with Crippen LogP contribution in [0.4, 0.5) is 0 Å². The fourth-order valence-corrected chi connectivity index (χ4v) is 6.54. The number of furan rings is 1. The van der Waals surface area contributed by atoms with Crippen molar-refractivity contribution in [3.05, 3.63) is 158 Å². The lowest BCUT2D eigenvalue weighted by Gasteiger charge is -2.11. The van der Waals surface area contributed by atoms with Gasteiger partial charge in [0.05, 0.1) is 22.3 Å². The van der Waals surface area contributed by atoms with Gasteiger partial charge in [-0.1, -0.05) is 97.1 Å². The standard InChI is InChI=1S/C42H27N3O2/c46-38-26-40-34(33-17-7-8-20-39(33)47-40)25-35(38)42-44-41-32(18-10-19-37(41)45(42)31-15-5-2-6-16-31)29-13-9-14-30(23-29)36-24-28(21-22-43-36)27-11-3-1-4-12-27/h1-26,46H. The van der Waals surface area contributed by atoms with Gasteiger partial charge in [0.2, 0.25) is 0 Å². The van der Waals surface area contributed by atoms with Gasteiger partial charge in [-0.05, 0) is 65.2 Å². The Labute approximate surface area is 270 Å². The van der Waals surface area contributed by atoms with Crippen LogP contribution >= 0.6 is 0 Å². The topological polar surface area (TPSA) is 64.1 Å². The number of nitrogens with zero attached hydrogens (tertiary/aromatic N) is 3. The molecule has 6 aromatic carbocycles. The van der Waals surface area contributed by atoms with Crippen LogP contribution in [-0.2, 0) is 0 Å². The highest BCUT2D eigenvalue weighted by atomic mass is 16.3. The van der Waals surface area contributed by atoms with E-state index in [1.807, 2.05) is 66.9 Å². The third-order valence-electron chi connectivity index (χ3n) is 8.77. The van der Waals surface area contributed by atoms with Gasteiger partial charge in [0.15, 0.2) is 0 Å². The minimum Gasteiger partial charge on any atom is -0.507 e. The molecule has 0 saturated heterocycles. The van der Waals surface area contributed by atoms with Gasteiger partial charge in [-0.15, -0.1) is 0 Å². The highest BCUT2D eigenvalue weighted by Crippen LogP contribution is 2.41. The van der Waals surface area contributed by atoms with Crippen LogP contribution in [-0.4, -0.2) is 19.6 Å². The van der Waals surface area contributed by atoms with Gasteiger partial charge in [-0.2, -0.15) is 0 Å². The molecule has 5 nitrogen and oxygen atoms in total. The third kappa shape index (κ3) is 4.56. The summed E-state index contributed by atoms with van der Waals surface area (Å²) in [4.78, 5) is 10.0. The molecule has 0 amide bonds. The Bertz CT molecular complexity index is 2580. The number of aromatic hydroxyl groups is 1. The summed E-state index contributed by atoms with van der Waals surface area (Å²) in [5.74, 6) is 0.758. The van der Waals surface area contributed by atoms with Crippen LogP contribution in [0.5, 0.6) is 5.75 Å². The van der Waals surface area contributed by atoms with Gasteiger partial charge >= 0.3 is 0 Å². The number of imidazole rings is 1. The van der Waals surface area contributed by atoms with Gasteiger partial charge < -0.3 is 9.52 Å². The van der Waals surface area contributed by atoms with E-state index in [0.29, 0.717) is 17.0 Å². The Morgan fingerprint density at radius 3 is 2.15 bits per heavy atom. The molecule has 0 bridgehead atoms. The molecule has 3 aromatic heterocycles. The van der Waals surface area contributed by atoms with Crippen molar-refractivity contribution < 1.29 is 9.52 Å². The van der Waals surface area contributed by atoms with Gasteiger partial charge in [-0.25, -0.2) is 4.98 Å². The molecule has 47 heavy (non-hydrogen) atoms. The lowest BCUT2D eigenvalue weighted by Crippen LogP contribution is -1.97. The molecule has 222 valence electrons. The minimum atomic E-state index is 0.108. The van der Waals surface area contributed by atoms with Crippen LogP contribution in [0, 0.1) is 0 Å². The molecule has 0 spiro atoms. The van der Waals surface area contributed by atoms with Crippen molar-refractivity contribution in [1.29, 1.82) is 0 Å². The van der Waals surface area contributed by atoms with E-state index in [0.717, 1.165) is 66.6 Å². The van der Waals surface area contributed by atoms with Crippen molar-refractivity contribution in [2.45, 2.75) is 0 Å². The molecule has 0 saturated carbocycles. The van der Waals surface area contributed by atoms with Gasteiger partial charge in [0.1, 0.15) is 22.7 Å². The predicted molar refractivity (Wildman–Crippen MR) is 190 cm³/mol. The molecule has 0 aliphatic heterocycles. The number of pyridine rings is 1. The molecule has 0 radical (unpaired) electrons. The summed E-state index contributed by atoms with van der Waals surface area (Å²) in [6, 6.07) is 51.0. The summed E-state index contributed by atoms with van der Waals surface area (Å²) in [6.07, 6.45) is 1.87. The largest absolute Gasteiger partial charge is 0.507 e. The van der Waals surface area contributed by atoms with Crippen molar-refractivity contribution in [2.75, 3.05) is 0 Å². The van der Waals surface area contributed by atoms with E-state index < -0.39 is 0 Å². The van der Waals surface area contributed by atoms with E-state index in [4.69, 9.17) is 14.4 Å². The summed E-state index contributed by atoms with van der Waals surface area (Å²) in [5.41, 5.74) is 11.0. The Morgan fingerprint density at radius 1 is 0.532 bits per heavy atom. The lowest BCUT2D eigenvalue weighted by molar-refractivity contribution is 0.476. The number of fused-ring (bicyclic) bond motifs is 4. The van der Waals surface area contributed by atoms with Crippen molar-refractivity contribution >= 4 is 33.0 Å². The first-order valence-electron chi connectivity index (χ1n) is 15.5. The number of rotatable bonds is 5. The van der Waals surface area contributed by atoms with Gasteiger partial charge in [0.25, 0.3) is 0 Å². The highest BCUT2D eigenvalue weighted by Gasteiger charge is 2.21. The van der Waals surface area contributed by atoms with E-state index in [1.54, 1.807) is 6.07 Å². The molecule has 9 rings (SSSR count). The lowest BCUT2D eigenvalue weighted by atomic mass is 9.99. The Morgan fingerprint density at radius 2 is 1.28 bits per heavy atom. The van der Waals surface area contributed by atoms with Crippen molar-refractivity contribution in [3.63, 3.8) is 0 Å². The van der Waals surface area contributed by atoms with Crippen molar-refractivity contribution in [1.82, 2.24) is 14.5 Å². The van der Waals surface area contributed by atoms with Gasteiger partial charge in [0, 0.05) is 39.8 Å². The number of para-hydroxylation sites is 3. The zero-order valence-electron chi connectivity index (χ0n) is 25.2. The van der Waals surface area contributed by atoms with Crippen LogP contribution in [0.3, 0.4) is 0 Å². The van der Waals surface area contributed by atoms with Crippen molar-refractivity contribution in [2.24, 2.45) is 0 Å². The number of phenols is 1. The summed E-state index contributed by atoms with van der Waals surface area (Å²) < 4.78 is 8.18. The number of phenolic OH excluding ortho intramolecular Hbond substituents is 1. The van der Waals surface area contributed by atoms with Crippen molar-refractivity contribution in [3.8, 4) is 56.3 Å². The Kier molecular flexibility index (Phi) is 6.22. The van der Waals surface area contributed by atoms with Crippen LogP contribution in [0.2, 0.25) is 0 Å². The molecular formula is C42H27N3O2. The van der Waals surface area contributed by atoms with Crippen LogP contribution < -0.4 is 0 Å². The van der Waals surface area contributed by atoms with E-state index in [1.165, 1.54) is 0 Å². The number of aromatic nitrogens is 3. The third-order valence-corrected chi connectivity index (χ3v) is 8.77. The first-order valence-corrected chi connectivity index (χ1v) is 15.5. The minimum absolute atomic E-state index is 0.108. The molecular weight excluding hydrogens is 578 g/mol. The number of hydrogen-bond acceptors (Lipinski definition) is 4. The first kappa shape index (κ1) is 26.9. The van der Waals surface area contributed by atoms with E-state index >= 15 is 0 Å². The molecule has 9 aromatic rings. The molecule has 0 aliphatic rings. The second-order valence-electron chi connectivity index (χ2n) is 11.6. The summed E-state index contributed by atoms with van der Waals surface area (Å²) >= 11 is 0. The predicted octanol–water partition coefficient (Wildman–Crippen LogP) is 10.7. The SMILES string of the molecule is Oc1cc2oc3ccccc3c2cc1-c1nc2c(-c3cccc(-c4cc(-c5ccccc5)ccn4)c3)cccc2n1-c1ccccc1. The first-order chi connectivity index (χ1) is 23.2. The van der Waals surface area contributed by atoms with Crippen LogP contribution in [0.15, 0.2) is 162 Å². The molecule has 3 heterocycles. The molecule has 0 atom stereocenters. The second kappa shape index (κ2) is 10.9. The molecule has 5 heteroatoms. The second-order valence-corrected chi connectivity index (χ2v) is 11.6. The van der Waals surface area contributed by atoms with Gasteiger partial charge in [-0.3, -0.25) is 9.55 Å². The van der Waals surface area contributed by atoms with E-state index in [9.17, 15) is 5.11 Å². The van der Waals surface area contributed by atoms with E-state index in [2.05, 4.69) is 89.5 Å². The maximum atomic E-state index is 11.4. The molecule has 0 fully saturated rings. The van der Waals surface area contributed by atoms with E-state index in [-0.39, 0.29) is 5.75 Å². The Balaban J connectivity index is 1.24. The fourth-order valence-electron chi connectivity index (χ4n) is 6.54. The maximum Gasteiger partial charge on any atom is 0.149 e. The average molecular weight is 606 g/mol. The molecule has 1 N–H and O–H groups in total.